The molecule has 0 radical (unpaired) electrons. The van der Waals surface area contributed by atoms with Crippen LogP contribution in [0.1, 0.15) is 48.7 Å². The molecule has 146 valence electrons. The van der Waals surface area contributed by atoms with Gasteiger partial charge in [0.1, 0.15) is 17.1 Å². The second-order valence-corrected chi connectivity index (χ2v) is 8.56. The largest absolute Gasteiger partial charge is 0.420 e. The Bertz CT molecular complexity index is 1240. The molecule has 1 amide bonds. The fourth-order valence-corrected chi connectivity index (χ4v) is 5.22. The van der Waals surface area contributed by atoms with Crippen molar-refractivity contribution in [2.75, 3.05) is 4.90 Å². The van der Waals surface area contributed by atoms with Crippen LogP contribution in [-0.4, -0.2) is 21.6 Å². The van der Waals surface area contributed by atoms with Crippen LogP contribution in [0.3, 0.4) is 0 Å². The predicted molar refractivity (Wildman–Crippen MR) is 108 cm³/mol. The molecule has 1 aromatic carbocycles. The Morgan fingerprint density at radius 1 is 1.28 bits per heavy atom. The fraction of sp³-hybridized carbons (Fsp3) is 0.318. The number of rotatable bonds is 0. The summed E-state index contributed by atoms with van der Waals surface area (Å²) < 4.78 is 5.63. The van der Waals surface area contributed by atoms with Crippen molar-refractivity contribution in [3.05, 3.63) is 57.6 Å². The van der Waals surface area contributed by atoms with Crippen molar-refractivity contribution in [2.45, 2.75) is 45.6 Å². The molecule has 3 aliphatic heterocycles. The van der Waals surface area contributed by atoms with Crippen molar-refractivity contribution in [3.63, 3.8) is 0 Å². The Balaban J connectivity index is 2.01. The highest BCUT2D eigenvalue weighted by Gasteiger charge is 2.63. The van der Waals surface area contributed by atoms with Gasteiger partial charge < -0.3 is 15.4 Å². The molecule has 1 spiro atoms. The first-order chi connectivity index (χ1) is 13.6. The summed E-state index contributed by atoms with van der Waals surface area (Å²) in [6.07, 6.45) is 2.09. The van der Waals surface area contributed by atoms with Crippen LogP contribution in [0.15, 0.2) is 29.7 Å². The van der Waals surface area contributed by atoms with Crippen LogP contribution in [0.4, 0.5) is 5.69 Å². The van der Waals surface area contributed by atoms with E-state index in [1.807, 2.05) is 33.8 Å². The van der Waals surface area contributed by atoms with E-state index >= 15 is 0 Å². The average Bonchev–Trinajstić information content (AvgIpc) is 3.11. The number of amides is 1. The molecular weight excluding hydrogens is 366 g/mol. The number of aryl methyl sites for hydroxylation is 2. The molecule has 1 atom stereocenters. The number of allylic oxidation sites excluding steroid dienone is 1. The second kappa shape index (κ2) is 5.09. The Morgan fingerprint density at radius 3 is 2.69 bits per heavy atom. The molecule has 3 N–H and O–H groups in total. The van der Waals surface area contributed by atoms with Crippen LogP contribution >= 0.6 is 0 Å². The Morgan fingerprint density at radius 2 is 2.00 bits per heavy atom. The summed E-state index contributed by atoms with van der Waals surface area (Å²) in [5.41, 5.74) is 10.2. The van der Waals surface area contributed by atoms with E-state index in [0.29, 0.717) is 11.3 Å². The van der Waals surface area contributed by atoms with E-state index in [-0.39, 0.29) is 23.2 Å². The van der Waals surface area contributed by atoms with Crippen LogP contribution in [0.5, 0.6) is 5.88 Å². The van der Waals surface area contributed by atoms with E-state index in [0.717, 1.165) is 28.0 Å². The number of fused-ring (bicyclic) bond motifs is 3. The lowest BCUT2D eigenvalue weighted by atomic mass is 9.68. The van der Waals surface area contributed by atoms with Crippen molar-refractivity contribution >= 4 is 17.2 Å². The Labute approximate surface area is 168 Å². The minimum Gasteiger partial charge on any atom is -0.420 e. The van der Waals surface area contributed by atoms with Gasteiger partial charge in [0, 0.05) is 16.8 Å². The standard InChI is InChI=1S/C22H21N5O2/c1-10-6-13-11(2)8-21(4,5)27-17(13)14(7-10)22(20(27)28)15(9-23)18(24)29-19-16(22)12(3)25-26-19/h6-8H,24H2,1-5H3,(H,25,26). The zero-order chi connectivity index (χ0) is 20.9. The number of ether oxygens (including phenoxy) is 1. The van der Waals surface area contributed by atoms with Gasteiger partial charge in [0.2, 0.25) is 17.7 Å². The highest BCUT2D eigenvalue weighted by Crippen LogP contribution is 2.60. The Hall–Kier alpha value is -3.53. The minimum atomic E-state index is -1.38. The summed E-state index contributed by atoms with van der Waals surface area (Å²) in [5.74, 6) is -0.0518. The van der Waals surface area contributed by atoms with Crippen molar-refractivity contribution in [1.82, 2.24) is 10.2 Å². The third-order valence-electron chi connectivity index (χ3n) is 6.21. The van der Waals surface area contributed by atoms with Gasteiger partial charge in [-0.05, 0) is 46.3 Å². The number of carbonyl (C=O) groups is 1. The fourth-order valence-electron chi connectivity index (χ4n) is 5.22. The molecule has 0 saturated carbocycles. The smallest absolute Gasteiger partial charge is 0.248 e. The van der Waals surface area contributed by atoms with Gasteiger partial charge in [-0.25, -0.2) is 0 Å². The van der Waals surface area contributed by atoms with E-state index in [2.05, 4.69) is 35.3 Å². The van der Waals surface area contributed by atoms with Gasteiger partial charge in [0.25, 0.3) is 0 Å². The number of aromatic nitrogens is 2. The number of benzene rings is 1. The molecule has 0 aliphatic carbocycles. The van der Waals surface area contributed by atoms with Crippen LogP contribution in [-0.2, 0) is 10.2 Å². The van der Waals surface area contributed by atoms with Crippen LogP contribution in [0.2, 0.25) is 0 Å². The van der Waals surface area contributed by atoms with Crippen molar-refractivity contribution in [2.24, 2.45) is 5.73 Å². The summed E-state index contributed by atoms with van der Waals surface area (Å²) in [5, 5.41) is 17.2. The van der Waals surface area contributed by atoms with Gasteiger partial charge in [-0.2, -0.15) is 5.26 Å². The molecular formula is C22H21N5O2. The van der Waals surface area contributed by atoms with Crippen molar-refractivity contribution < 1.29 is 9.53 Å². The third kappa shape index (κ3) is 1.82. The molecule has 29 heavy (non-hydrogen) atoms. The third-order valence-corrected chi connectivity index (χ3v) is 6.21. The first-order valence-electron chi connectivity index (χ1n) is 9.47. The zero-order valence-corrected chi connectivity index (χ0v) is 17.0. The van der Waals surface area contributed by atoms with Crippen molar-refractivity contribution in [1.29, 1.82) is 5.26 Å². The number of hydrogen-bond donors (Lipinski definition) is 2. The summed E-state index contributed by atoms with van der Waals surface area (Å²) >= 11 is 0. The first kappa shape index (κ1) is 17.6. The lowest BCUT2D eigenvalue weighted by Gasteiger charge is -2.40. The van der Waals surface area contributed by atoms with Gasteiger partial charge in [-0.3, -0.25) is 9.89 Å². The van der Waals surface area contributed by atoms with E-state index in [4.69, 9.17) is 10.5 Å². The van der Waals surface area contributed by atoms with Gasteiger partial charge in [0.05, 0.1) is 16.8 Å². The minimum absolute atomic E-state index is 0.0857. The molecule has 5 rings (SSSR count). The SMILES string of the molecule is CC1=CC(C)(C)N2C(=O)C3(C(C#N)=C(N)Oc4n[nH]c(C)c43)c3cc(C)cc1c32. The van der Waals surface area contributed by atoms with E-state index in [9.17, 15) is 10.1 Å². The van der Waals surface area contributed by atoms with E-state index in [1.165, 1.54) is 0 Å². The van der Waals surface area contributed by atoms with Gasteiger partial charge in [-0.15, -0.1) is 5.10 Å². The number of nitrogens with zero attached hydrogens (tertiary/aromatic N) is 3. The van der Waals surface area contributed by atoms with E-state index < -0.39 is 11.0 Å². The lowest BCUT2D eigenvalue weighted by molar-refractivity contribution is -0.121. The molecule has 0 bridgehead atoms. The van der Waals surface area contributed by atoms with Crippen LogP contribution in [0, 0.1) is 25.2 Å². The number of aromatic amines is 1. The number of nitriles is 1. The molecule has 7 nitrogen and oxygen atoms in total. The highest BCUT2D eigenvalue weighted by molar-refractivity contribution is 6.18. The normalized spacial score (nSPS) is 23.5. The molecule has 1 aromatic heterocycles. The highest BCUT2D eigenvalue weighted by atomic mass is 16.5. The topological polar surface area (TPSA) is 108 Å². The maximum Gasteiger partial charge on any atom is 0.248 e. The van der Waals surface area contributed by atoms with E-state index in [1.54, 1.807) is 4.90 Å². The summed E-state index contributed by atoms with van der Waals surface area (Å²) in [4.78, 5) is 16.1. The molecule has 7 heteroatoms. The van der Waals surface area contributed by atoms with Gasteiger partial charge in [-0.1, -0.05) is 17.7 Å². The molecule has 3 aliphatic rings. The summed E-state index contributed by atoms with van der Waals surface area (Å²) in [6.45, 7) is 9.88. The van der Waals surface area contributed by atoms with Crippen molar-refractivity contribution in [3.8, 4) is 11.9 Å². The molecule has 2 aromatic rings. The molecule has 1 unspecified atom stereocenters. The van der Waals surface area contributed by atoms with Crippen LogP contribution in [0.25, 0.3) is 5.57 Å². The number of nitrogens with one attached hydrogen (secondary N) is 1. The number of carbonyl (C=O) groups excluding carboxylic acids is 1. The predicted octanol–water partition coefficient (Wildman–Crippen LogP) is 2.94. The average molecular weight is 387 g/mol. The summed E-state index contributed by atoms with van der Waals surface area (Å²) in [6, 6.07) is 6.25. The van der Waals surface area contributed by atoms with Gasteiger partial charge >= 0.3 is 0 Å². The summed E-state index contributed by atoms with van der Waals surface area (Å²) in [7, 11) is 0. The first-order valence-corrected chi connectivity index (χ1v) is 9.47. The molecule has 0 fully saturated rings. The molecule has 4 heterocycles. The number of hydrogen-bond acceptors (Lipinski definition) is 5. The second-order valence-electron chi connectivity index (χ2n) is 8.56. The number of anilines is 1. The molecule has 0 saturated heterocycles. The Kier molecular flexibility index (Phi) is 3.08. The maximum atomic E-state index is 14.3. The number of nitrogens with two attached hydrogens (primary N) is 1. The maximum absolute atomic E-state index is 14.3. The zero-order valence-electron chi connectivity index (χ0n) is 17.0. The number of H-pyrrole nitrogens is 1. The van der Waals surface area contributed by atoms with Crippen LogP contribution < -0.4 is 15.4 Å². The monoisotopic (exact) mass is 387 g/mol. The van der Waals surface area contributed by atoms with Gasteiger partial charge in [0.15, 0.2) is 0 Å². The lowest BCUT2D eigenvalue weighted by Crippen LogP contribution is -2.53. The quantitative estimate of drug-likeness (QED) is 0.722.